The standard InChI is InChI=1S/C22H40F3NO4Si3/c1-16(2)26(21(27)22(23,24)25)15-20(30-33(9,10)11)17-12-18(28-31(3,4)5)14-19(13-17)29-32(6,7)8/h12-14,16,20H,15H2,1-11H3. The number of hydrogen-bond donors (Lipinski definition) is 0. The number of amides is 1. The number of benzene rings is 1. The zero-order valence-electron chi connectivity index (χ0n) is 21.8. The van der Waals surface area contributed by atoms with Gasteiger partial charge in [0, 0.05) is 12.1 Å². The first kappa shape index (κ1) is 29.7. The van der Waals surface area contributed by atoms with E-state index < -0.39 is 49.2 Å². The summed E-state index contributed by atoms with van der Waals surface area (Å²) < 4.78 is 58.6. The van der Waals surface area contributed by atoms with Crippen LogP contribution in [0.15, 0.2) is 18.2 Å². The molecule has 1 atom stereocenters. The molecule has 0 spiro atoms. The lowest BCUT2D eigenvalue weighted by molar-refractivity contribution is -0.188. The molecule has 0 radical (unpaired) electrons. The van der Waals surface area contributed by atoms with Crippen LogP contribution < -0.4 is 8.85 Å². The van der Waals surface area contributed by atoms with Gasteiger partial charge in [-0.1, -0.05) is 0 Å². The van der Waals surface area contributed by atoms with Gasteiger partial charge in [-0.3, -0.25) is 4.79 Å². The quantitative estimate of drug-likeness (QED) is 0.316. The minimum absolute atomic E-state index is 0.219. The molecule has 1 amide bonds. The highest BCUT2D eigenvalue weighted by atomic mass is 28.4. The van der Waals surface area contributed by atoms with Crippen molar-refractivity contribution in [2.24, 2.45) is 0 Å². The van der Waals surface area contributed by atoms with E-state index in [1.54, 1.807) is 26.0 Å². The van der Waals surface area contributed by atoms with Gasteiger partial charge in [0.05, 0.1) is 12.6 Å². The first-order valence-electron chi connectivity index (χ1n) is 11.2. The van der Waals surface area contributed by atoms with Gasteiger partial charge in [-0.25, -0.2) is 0 Å². The summed E-state index contributed by atoms with van der Waals surface area (Å²) in [4.78, 5) is 13.0. The van der Waals surface area contributed by atoms with Gasteiger partial charge in [-0.15, -0.1) is 0 Å². The zero-order chi connectivity index (χ0) is 26.0. The minimum atomic E-state index is -4.96. The van der Waals surface area contributed by atoms with Gasteiger partial charge in [0.2, 0.25) is 16.6 Å². The molecule has 0 aliphatic rings. The molecular formula is C22H40F3NO4Si3. The van der Waals surface area contributed by atoms with E-state index in [2.05, 4.69) is 39.3 Å². The maximum absolute atomic E-state index is 13.3. The smallest absolute Gasteiger partial charge is 0.471 e. The summed E-state index contributed by atoms with van der Waals surface area (Å²) in [5.41, 5.74) is 0.641. The summed E-state index contributed by atoms with van der Waals surface area (Å²) in [6, 6.07) is 4.78. The van der Waals surface area contributed by atoms with Crippen LogP contribution in [-0.2, 0) is 9.22 Å². The Labute approximate surface area is 200 Å². The van der Waals surface area contributed by atoms with E-state index in [0.29, 0.717) is 17.1 Å². The number of carbonyl (C=O) groups is 1. The molecule has 1 aromatic rings. The van der Waals surface area contributed by atoms with E-state index in [9.17, 15) is 18.0 Å². The van der Waals surface area contributed by atoms with E-state index in [-0.39, 0.29) is 6.54 Å². The number of carbonyl (C=O) groups excluding carboxylic acids is 1. The molecule has 5 nitrogen and oxygen atoms in total. The highest BCUT2D eigenvalue weighted by Crippen LogP contribution is 2.34. The number of hydrogen-bond acceptors (Lipinski definition) is 4. The Bertz CT molecular complexity index is 779. The summed E-state index contributed by atoms with van der Waals surface area (Å²) in [5, 5.41) is 0. The van der Waals surface area contributed by atoms with Crippen LogP contribution in [-0.4, -0.2) is 54.5 Å². The summed E-state index contributed by atoms with van der Waals surface area (Å²) in [6.07, 6.45) is -5.71. The lowest BCUT2D eigenvalue weighted by Gasteiger charge is -2.35. The average Bonchev–Trinajstić information content (AvgIpc) is 2.52. The number of alkyl halides is 3. The SMILES string of the molecule is CC(C)N(CC(O[Si](C)(C)C)c1cc(O[Si](C)(C)C)cc(O[Si](C)(C)C)c1)C(=O)C(F)(F)F. The molecular weight excluding hydrogens is 483 g/mol. The molecule has 0 fully saturated rings. The predicted octanol–water partition coefficient (Wildman–Crippen LogP) is 6.81. The number of nitrogens with zero attached hydrogens (tertiary/aromatic N) is 1. The zero-order valence-corrected chi connectivity index (χ0v) is 24.8. The molecule has 1 aromatic carbocycles. The maximum atomic E-state index is 13.3. The van der Waals surface area contributed by atoms with Crippen LogP contribution in [0.3, 0.4) is 0 Å². The Balaban J connectivity index is 3.57. The lowest BCUT2D eigenvalue weighted by Crippen LogP contribution is -2.48. The van der Waals surface area contributed by atoms with Crippen molar-refractivity contribution in [1.29, 1.82) is 0 Å². The fourth-order valence-electron chi connectivity index (χ4n) is 3.11. The van der Waals surface area contributed by atoms with Crippen LogP contribution >= 0.6 is 0 Å². The molecule has 0 aliphatic carbocycles. The van der Waals surface area contributed by atoms with Crippen LogP contribution in [0.5, 0.6) is 11.5 Å². The highest BCUT2D eigenvalue weighted by Gasteiger charge is 2.44. The van der Waals surface area contributed by atoms with Crippen molar-refractivity contribution in [2.45, 2.75) is 91.1 Å². The molecule has 11 heteroatoms. The fraction of sp³-hybridized carbons (Fsp3) is 0.682. The van der Waals surface area contributed by atoms with Crippen molar-refractivity contribution in [3.05, 3.63) is 23.8 Å². The van der Waals surface area contributed by atoms with Crippen molar-refractivity contribution in [3.8, 4) is 11.5 Å². The van der Waals surface area contributed by atoms with Crippen LogP contribution in [0.2, 0.25) is 58.9 Å². The Morgan fingerprint density at radius 3 is 1.58 bits per heavy atom. The Morgan fingerprint density at radius 2 is 1.27 bits per heavy atom. The first-order valence-corrected chi connectivity index (χ1v) is 21.4. The van der Waals surface area contributed by atoms with Crippen LogP contribution in [0.4, 0.5) is 13.2 Å². The Kier molecular flexibility index (Phi) is 9.48. The largest absolute Gasteiger partial charge is 0.544 e. The fourth-order valence-corrected chi connectivity index (χ4v) is 5.83. The van der Waals surface area contributed by atoms with Gasteiger partial charge in [-0.05, 0) is 90.5 Å². The van der Waals surface area contributed by atoms with Crippen molar-refractivity contribution in [3.63, 3.8) is 0 Å². The molecule has 33 heavy (non-hydrogen) atoms. The van der Waals surface area contributed by atoms with Crippen molar-refractivity contribution in [2.75, 3.05) is 6.54 Å². The van der Waals surface area contributed by atoms with Gasteiger partial charge in [0.1, 0.15) is 11.5 Å². The van der Waals surface area contributed by atoms with Crippen molar-refractivity contribution >= 4 is 30.9 Å². The van der Waals surface area contributed by atoms with Gasteiger partial charge in [-0.2, -0.15) is 13.2 Å². The second-order valence-corrected chi connectivity index (χ2v) is 24.8. The molecule has 0 bridgehead atoms. The van der Waals surface area contributed by atoms with Crippen LogP contribution in [0.25, 0.3) is 0 Å². The summed E-state index contributed by atoms with van der Waals surface area (Å²) in [6.45, 7) is 21.1. The normalized spacial score (nSPS) is 14.3. The van der Waals surface area contributed by atoms with E-state index in [1.807, 2.05) is 25.7 Å². The summed E-state index contributed by atoms with van der Waals surface area (Å²) >= 11 is 0. The molecule has 0 saturated carbocycles. The van der Waals surface area contributed by atoms with E-state index >= 15 is 0 Å². The van der Waals surface area contributed by atoms with Gasteiger partial charge < -0.3 is 18.2 Å². The van der Waals surface area contributed by atoms with Gasteiger partial charge >= 0.3 is 12.1 Å². The van der Waals surface area contributed by atoms with Gasteiger partial charge in [0.15, 0.2) is 8.32 Å². The van der Waals surface area contributed by atoms with E-state index in [4.69, 9.17) is 13.3 Å². The lowest BCUT2D eigenvalue weighted by atomic mass is 10.1. The van der Waals surface area contributed by atoms with Crippen LogP contribution in [0.1, 0.15) is 25.5 Å². The van der Waals surface area contributed by atoms with Crippen LogP contribution in [0, 0.1) is 0 Å². The highest BCUT2D eigenvalue weighted by molar-refractivity contribution is 6.71. The van der Waals surface area contributed by atoms with Crippen molar-refractivity contribution in [1.82, 2.24) is 4.90 Å². The third-order valence-corrected chi connectivity index (χ3v) is 6.80. The maximum Gasteiger partial charge on any atom is 0.471 e. The molecule has 1 unspecified atom stereocenters. The topological polar surface area (TPSA) is 48.0 Å². The molecule has 0 aliphatic heterocycles. The summed E-state index contributed by atoms with van der Waals surface area (Å²) in [5.74, 6) is -0.667. The molecule has 0 saturated heterocycles. The monoisotopic (exact) mass is 523 g/mol. The predicted molar refractivity (Wildman–Crippen MR) is 134 cm³/mol. The average molecular weight is 524 g/mol. The minimum Gasteiger partial charge on any atom is -0.544 e. The molecule has 190 valence electrons. The summed E-state index contributed by atoms with van der Waals surface area (Å²) in [7, 11) is -6.13. The number of rotatable bonds is 10. The van der Waals surface area contributed by atoms with Crippen molar-refractivity contribution < 1.29 is 31.2 Å². The second-order valence-electron chi connectivity index (χ2n) is 11.4. The third kappa shape index (κ3) is 11.1. The van der Waals surface area contributed by atoms with E-state index in [1.165, 1.54) is 0 Å². The first-order chi connectivity index (χ1) is 14.6. The number of halogens is 3. The van der Waals surface area contributed by atoms with Gasteiger partial charge in [0.25, 0.3) is 0 Å². The molecule has 1 rings (SSSR count). The Hall–Kier alpha value is -1.31. The third-order valence-electron chi connectivity index (χ3n) is 4.11. The second kappa shape index (κ2) is 10.5. The molecule has 0 aromatic heterocycles. The van der Waals surface area contributed by atoms with E-state index in [0.717, 1.165) is 4.90 Å². The molecule has 0 N–H and O–H groups in total. The Morgan fingerprint density at radius 1 is 0.848 bits per heavy atom. The molecule has 0 heterocycles.